The minimum atomic E-state index is -1.27. The van der Waals surface area contributed by atoms with Crippen LogP contribution in [-0.4, -0.2) is 45.8 Å². The number of hydrogen-bond donors (Lipinski definition) is 1. The number of carbonyl (C=O) groups is 2. The number of aliphatic hydroxyl groups excluding tert-OH is 1. The molecule has 8 nitrogen and oxygen atoms in total. The van der Waals surface area contributed by atoms with Crippen molar-refractivity contribution in [1.29, 1.82) is 0 Å². The molecular weight excluding hydrogens is 513 g/mol. The van der Waals surface area contributed by atoms with Crippen LogP contribution in [0.1, 0.15) is 88.9 Å². The second-order valence-electron chi connectivity index (χ2n) is 11.4. The third-order valence-electron chi connectivity index (χ3n) is 8.31. The van der Waals surface area contributed by atoms with Crippen molar-refractivity contribution in [3.8, 4) is 5.75 Å². The van der Waals surface area contributed by atoms with Gasteiger partial charge in [-0.15, -0.1) is 0 Å². The summed E-state index contributed by atoms with van der Waals surface area (Å²) in [5.74, 6) is 0.375. The van der Waals surface area contributed by atoms with Gasteiger partial charge in [-0.1, -0.05) is 6.42 Å². The van der Waals surface area contributed by atoms with Crippen LogP contribution >= 0.6 is 0 Å². The topological polar surface area (TPSA) is 93.9 Å². The van der Waals surface area contributed by atoms with Gasteiger partial charge in [0.25, 0.3) is 0 Å². The smallest absolute Gasteiger partial charge is 0.414 e. The SMILES string of the molecule is COC(=O)N1c2ccc3c(nc([C@@H](O)c4cc(F)ccc4OC(C)C)n3[C@@H]3CCC[C@@H](C(C)=O)C3)c2CC[C@@H]1C. The van der Waals surface area contributed by atoms with Crippen molar-refractivity contribution in [3.05, 3.63) is 53.1 Å². The molecule has 5 rings (SSSR count). The third kappa shape index (κ3) is 5.07. The lowest BCUT2D eigenvalue weighted by molar-refractivity contribution is -0.122. The first-order valence-electron chi connectivity index (χ1n) is 14.2. The predicted molar refractivity (Wildman–Crippen MR) is 150 cm³/mol. The molecule has 0 unspecified atom stereocenters. The van der Waals surface area contributed by atoms with Crippen LogP contribution in [0.15, 0.2) is 30.3 Å². The first-order valence-corrected chi connectivity index (χ1v) is 14.2. The lowest BCUT2D eigenvalue weighted by Crippen LogP contribution is -2.42. The van der Waals surface area contributed by atoms with Gasteiger partial charge in [0, 0.05) is 29.1 Å². The Bertz CT molecular complexity index is 1430. The van der Waals surface area contributed by atoms with Crippen molar-refractivity contribution >= 4 is 28.6 Å². The summed E-state index contributed by atoms with van der Waals surface area (Å²) < 4.78 is 27.6. The molecule has 2 heterocycles. The Morgan fingerprint density at radius 2 is 1.93 bits per heavy atom. The third-order valence-corrected chi connectivity index (χ3v) is 8.31. The van der Waals surface area contributed by atoms with E-state index in [-0.39, 0.29) is 29.9 Å². The summed E-state index contributed by atoms with van der Waals surface area (Å²) in [5.41, 5.74) is 3.46. The standard InChI is InChI=1S/C31H38FN3O5/c1-17(2)40-27-14-10-21(32)16-24(27)29(37)30-33-28-23-11-9-18(3)34(31(38)39-5)25(23)12-13-26(28)35(30)22-8-6-7-20(15-22)19(4)36/h10,12-14,16-18,20,22,29,37H,6-9,11,15H2,1-5H3/t18-,20+,22+,29-/m0/s1. The van der Waals surface area contributed by atoms with Gasteiger partial charge in [0.2, 0.25) is 0 Å². The fourth-order valence-electron chi connectivity index (χ4n) is 6.37. The molecule has 1 aliphatic heterocycles. The molecule has 1 N–H and O–H groups in total. The number of methoxy groups -OCH3 is 1. The highest BCUT2D eigenvalue weighted by atomic mass is 19.1. The molecule has 214 valence electrons. The Kier molecular flexibility index (Phi) is 7.86. The minimum absolute atomic E-state index is 0.0396. The number of imidazole rings is 1. The molecule has 40 heavy (non-hydrogen) atoms. The van der Waals surface area contributed by atoms with Gasteiger partial charge in [0.05, 0.1) is 29.9 Å². The van der Waals surface area contributed by atoms with Crippen molar-refractivity contribution in [1.82, 2.24) is 9.55 Å². The number of ketones is 1. The number of Topliss-reactive ketones (excluding diaryl/α,β-unsaturated/α-hetero) is 1. The summed E-state index contributed by atoms with van der Waals surface area (Å²) in [7, 11) is 1.37. The number of aryl methyl sites for hydroxylation is 1. The average Bonchev–Trinajstić information content (AvgIpc) is 3.33. The van der Waals surface area contributed by atoms with E-state index in [9.17, 15) is 19.1 Å². The second kappa shape index (κ2) is 11.2. The molecule has 1 aliphatic carbocycles. The molecule has 1 saturated carbocycles. The second-order valence-corrected chi connectivity index (χ2v) is 11.4. The number of carbonyl (C=O) groups excluding carboxylic acids is 2. The van der Waals surface area contributed by atoms with Gasteiger partial charge in [0.1, 0.15) is 29.3 Å². The number of benzene rings is 2. The average molecular weight is 552 g/mol. The molecule has 3 aromatic rings. The van der Waals surface area contributed by atoms with Crippen LogP contribution < -0.4 is 9.64 Å². The maximum absolute atomic E-state index is 14.5. The molecule has 2 aromatic carbocycles. The molecule has 0 bridgehead atoms. The maximum atomic E-state index is 14.5. The lowest BCUT2D eigenvalue weighted by atomic mass is 9.83. The zero-order valence-electron chi connectivity index (χ0n) is 23.8. The number of aromatic nitrogens is 2. The number of rotatable bonds is 6. The van der Waals surface area contributed by atoms with Crippen LogP contribution in [-0.2, 0) is 16.0 Å². The van der Waals surface area contributed by atoms with E-state index in [1.54, 1.807) is 11.8 Å². The van der Waals surface area contributed by atoms with E-state index in [1.165, 1.54) is 25.3 Å². The van der Waals surface area contributed by atoms with Crippen LogP contribution in [0.3, 0.4) is 0 Å². The highest BCUT2D eigenvalue weighted by Crippen LogP contribution is 2.43. The van der Waals surface area contributed by atoms with Crippen molar-refractivity contribution in [2.24, 2.45) is 5.92 Å². The highest BCUT2D eigenvalue weighted by Gasteiger charge is 2.35. The van der Waals surface area contributed by atoms with E-state index in [2.05, 4.69) is 0 Å². The van der Waals surface area contributed by atoms with Crippen molar-refractivity contribution in [2.45, 2.75) is 90.5 Å². The Morgan fingerprint density at radius 1 is 1.15 bits per heavy atom. The van der Waals surface area contributed by atoms with Crippen LogP contribution in [0.25, 0.3) is 11.0 Å². The fourth-order valence-corrected chi connectivity index (χ4v) is 6.37. The number of nitrogens with zero attached hydrogens (tertiary/aromatic N) is 3. The van der Waals surface area contributed by atoms with Gasteiger partial charge in [-0.05, 0) is 90.1 Å². The summed E-state index contributed by atoms with van der Waals surface area (Å²) >= 11 is 0. The lowest BCUT2D eigenvalue weighted by Gasteiger charge is -2.34. The molecule has 2 aliphatic rings. The largest absolute Gasteiger partial charge is 0.491 e. The quantitative estimate of drug-likeness (QED) is 0.388. The fraction of sp³-hybridized carbons (Fsp3) is 0.516. The Morgan fingerprint density at radius 3 is 2.62 bits per heavy atom. The van der Waals surface area contributed by atoms with E-state index in [4.69, 9.17) is 14.5 Å². The summed E-state index contributed by atoms with van der Waals surface area (Å²) in [4.78, 5) is 31.7. The summed E-state index contributed by atoms with van der Waals surface area (Å²) in [6, 6.07) is 7.87. The molecule has 0 saturated heterocycles. The van der Waals surface area contributed by atoms with Gasteiger partial charge in [-0.2, -0.15) is 0 Å². The number of anilines is 1. The van der Waals surface area contributed by atoms with E-state index in [1.807, 2.05) is 37.5 Å². The maximum Gasteiger partial charge on any atom is 0.414 e. The summed E-state index contributed by atoms with van der Waals surface area (Å²) in [6.45, 7) is 7.37. The number of amides is 1. The van der Waals surface area contributed by atoms with Crippen LogP contribution in [0.2, 0.25) is 0 Å². The predicted octanol–water partition coefficient (Wildman–Crippen LogP) is 6.27. The Hall–Kier alpha value is -3.46. The molecule has 9 heteroatoms. The number of hydrogen-bond acceptors (Lipinski definition) is 6. The molecule has 1 fully saturated rings. The molecule has 1 amide bonds. The van der Waals surface area contributed by atoms with E-state index in [0.29, 0.717) is 35.5 Å². The van der Waals surface area contributed by atoms with Gasteiger partial charge in [-0.25, -0.2) is 14.2 Å². The zero-order chi connectivity index (χ0) is 28.7. The molecular formula is C31H38FN3O5. The highest BCUT2D eigenvalue weighted by molar-refractivity contribution is 5.95. The Balaban J connectivity index is 1.71. The number of aliphatic hydroxyl groups is 1. The summed E-state index contributed by atoms with van der Waals surface area (Å²) in [5, 5.41) is 11.8. The van der Waals surface area contributed by atoms with Crippen LogP contribution in [0.5, 0.6) is 5.75 Å². The zero-order valence-corrected chi connectivity index (χ0v) is 23.8. The minimum Gasteiger partial charge on any atom is -0.491 e. The van der Waals surface area contributed by atoms with Crippen LogP contribution in [0, 0.1) is 11.7 Å². The molecule has 1 aromatic heterocycles. The number of ether oxygens (including phenoxy) is 2. The van der Waals surface area contributed by atoms with E-state index < -0.39 is 18.0 Å². The summed E-state index contributed by atoms with van der Waals surface area (Å²) in [6.07, 6.45) is 2.75. The monoisotopic (exact) mass is 551 g/mol. The van der Waals surface area contributed by atoms with E-state index in [0.717, 1.165) is 42.5 Å². The van der Waals surface area contributed by atoms with Crippen LogP contribution in [0.4, 0.5) is 14.9 Å². The van der Waals surface area contributed by atoms with Gasteiger partial charge in [-0.3, -0.25) is 9.69 Å². The molecule has 0 spiro atoms. The molecule has 4 atom stereocenters. The van der Waals surface area contributed by atoms with Gasteiger partial charge >= 0.3 is 6.09 Å². The van der Waals surface area contributed by atoms with Crippen molar-refractivity contribution in [3.63, 3.8) is 0 Å². The number of fused-ring (bicyclic) bond motifs is 3. The molecule has 0 radical (unpaired) electrons. The van der Waals surface area contributed by atoms with E-state index >= 15 is 0 Å². The Labute approximate surface area is 234 Å². The van der Waals surface area contributed by atoms with Gasteiger partial charge < -0.3 is 19.1 Å². The number of halogens is 1. The first kappa shape index (κ1) is 28.1. The van der Waals surface area contributed by atoms with Crippen molar-refractivity contribution < 1.29 is 28.6 Å². The first-order chi connectivity index (χ1) is 19.1. The van der Waals surface area contributed by atoms with Gasteiger partial charge in [0.15, 0.2) is 0 Å². The van der Waals surface area contributed by atoms with Crippen molar-refractivity contribution in [2.75, 3.05) is 12.0 Å². The normalized spacial score (nSPS) is 21.8.